The molecule has 0 saturated carbocycles. The van der Waals surface area contributed by atoms with Gasteiger partial charge >= 0.3 is 6.03 Å². The Morgan fingerprint density at radius 3 is 2.79 bits per heavy atom. The molecule has 0 fully saturated rings. The maximum Gasteiger partial charge on any atom is 0.318 e. The summed E-state index contributed by atoms with van der Waals surface area (Å²) in [6.45, 7) is 3.65. The molecule has 2 amide bonds. The third kappa shape index (κ3) is 2.77. The van der Waals surface area contributed by atoms with Crippen molar-refractivity contribution in [3.05, 3.63) is 59.2 Å². The van der Waals surface area contributed by atoms with Crippen molar-refractivity contribution in [3.8, 4) is 11.5 Å². The van der Waals surface area contributed by atoms with Gasteiger partial charge in [-0.15, -0.1) is 0 Å². The maximum atomic E-state index is 12.6. The summed E-state index contributed by atoms with van der Waals surface area (Å²) < 4.78 is 10.7. The molecule has 0 saturated heterocycles. The fourth-order valence-electron chi connectivity index (χ4n) is 3.21. The van der Waals surface area contributed by atoms with Gasteiger partial charge in [0.1, 0.15) is 0 Å². The van der Waals surface area contributed by atoms with Crippen LogP contribution in [0.2, 0.25) is 0 Å². The monoisotopic (exact) mass is 324 g/mol. The number of urea groups is 1. The average Bonchev–Trinajstić information content (AvgIpc) is 3.08. The number of benzene rings is 2. The first-order valence-electron chi connectivity index (χ1n) is 8.22. The molecule has 0 unspecified atom stereocenters. The molecule has 1 atom stereocenters. The van der Waals surface area contributed by atoms with E-state index in [1.165, 1.54) is 11.1 Å². The van der Waals surface area contributed by atoms with Crippen molar-refractivity contribution in [2.24, 2.45) is 0 Å². The molecule has 0 bridgehead atoms. The van der Waals surface area contributed by atoms with Crippen molar-refractivity contribution in [2.75, 3.05) is 13.3 Å². The number of carbonyl (C=O) groups is 1. The molecule has 4 rings (SSSR count). The van der Waals surface area contributed by atoms with Crippen molar-refractivity contribution in [3.63, 3.8) is 0 Å². The molecule has 2 heterocycles. The Kier molecular flexibility index (Phi) is 3.76. The number of ether oxygens (including phenoxy) is 2. The van der Waals surface area contributed by atoms with Gasteiger partial charge in [0.05, 0.1) is 6.04 Å². The van der Waals surface area contributed by atoms with Gasteiger partial charge in [-0.1, -0.05) is 30.3 Å². The largest absolute Gasteiger partial charge is 0.454 e. The molecule has 0 aromatic heterocycles. The highest BCUT2D eigenvalue weighted by molar-refractivity contribution is 5.75. The predicted octanol–water partition coefficient (Wildman–Crippen LogP) is 3.24. The first kappa shape index (κ1) is 14.9. The summed E-state index contributed by atoms with van der Waals surface area (Å²) in [4.78, 5) is 14.5. The zero-order chi connectivity index (χ0) is 16.5. The third-order valence-electron chi connectivity index (χ3n) is 4.65. The SMILES string of the molecule is C[C@@H](NC(=O)N1CCc2ccccc2C1)c1ccc2c(c1)OCO2. The van der Waals surface area contributed by atoms with Gasteiger partial charge in [-0.2, -0.15) is 0 Å². The van der Waals surface area contributed by atoms with Crippen LogP contribution in [0.3, 0.4) is 0 Å². The Bertz CT molecular complexity index is 775. The van der Waals surface area contributed by atoms with Crippen LogP contribution in [-0.4, -0.2) is 24.3 Å². The quantitative estimate of drug-likeness (QED) is 0.922. The summed E-state index contributed by atoms with van der Waals surface area (Å²) in [5.41, 5.74) is 3.57. The summed E-state index contributed by atoms with van der Waals surface area (Å²) in [5.74, 6) is 1.49. The lowest BCUT2D eigenvalue weighted by atomic mass is 10.0. The van der Waals surface area contributed by atoms with Gasteiger partial charge in [-0.05, 0) is 42.2 Å². The molecule has 2 aromatic rings. The Morgan fingerprint density at radius 1 is 1.12 bits per heavy atom. The van der Waals surface area contributed by atoms with Crippen molar-refractivity contribution in [1.29, 1.82) is 0 Å². The zero-order valence-electron chi connectivity index (χ0n) is 13.6. The van der Waals surface area contributed by atoms with Crippen LogP contribution in [0.15, 0.2) is 42.5 Å². The Balaban J connectivity index is 1.43. The van der Waals surface area contributed by atoms with Crippen LogP contribution in [0, 0.1) is 0 Å². The standard InChI is InChI=1S/C19H20N2O3/c1-13(15-6-7-17-18(10-15)24-12-23-17)20-19(22)21-9-8-14-4-2-3-5-16(14)11-21/h2-7,10,13H,8-9,11-12H2,1H3,(H,20,22)/t13-/m1/s1. The summed E-state index contributed by atoms with van der Waals surface area (Å²) in [6, 6.07) is 14.0. The molecule has 2 aliphatic rings. The van der Waals surface area contributed by atoms with E-state index in [0.717, 1.165) is 30.0 Å². The van der Waals surface area contributed by atoms with E-state index in [4.69, 9.17) is 9.47 Å². The van der Waals surface area contributed by atoms with Crippen LogP contribution >= 0.6 is 0 Å². The lowest BCUT2D eigenvalue weighted by molar-refractivity contribution is 0.174. The minimum absolute atomic E-state index is 0.0327. The van der Waals surface area contributed by atoms with Gasteiger partial charge < -0.3 is 19.7 Å². The van der Waals surface area contributed by atoms with Crippen LogP contribution in [0.5, 0.6) is 11.5 Å². The second-order valence-corrected chi connectivity index (χ2v) is 6.22. The summed E-state index contributed by atoms with van der Waals surface area (Å²) >= 11 is 0. The van der Waals surface area contributed by atoms with Crippen molar-refractivity contribution >= 4 is 6.03 Å². The Morgan fingerprint density at radius 2 is 1.92 bits per heavy atom. The Labute approximate surface area is 141 Å². The van der Waals surface area contributed by atoms with E-state index in [-0.39, 0.29) is 18.9 Å². The van der Waals surface area contributed by atoms with Crippen LogP contribution < -0.4 is 14.8 Å². The molecule has 2 aromatic carbocycles. The van der Waals surface area contributed by atoms with E-state index < -0.39 is 0 Å². The molecule has 5 heteroatoms. The smallest absolute Gasteiger partial charge is 0.318 e. The van der Waals surface area contributed by atoms with Gasteiger partial charge in [-0.25, -0.2) is 4.79 Å². The molecule has 0 spiro atoms. The van der Waals surface area contributed by atoms with E-state index >= 15 is 0 Å². The highest BCUT2D eigenvalue weighted by Gasteiger charge is 2.22. The molecule has 24 heavy (non-hydrogen) atoms. The number of hydrogen-bond acceptors (Lipinski definition) is 3. The molecule has 124 valence electrons. The highest BCUT2D eigenvalue weighted by atomic mass is 16.7. The van der Waals surface area contributed by atoms with Gasteiger partial charge in [-0.3, -0.25) is 0 Å². The molecular weight excluding hydrogens is 304 g/mol. The molecule has 0 aliphatic carbocycles. The van der Waals surface area contributed by atoms with Gasteiger partial charge in [0.25, 0.3) is 0 Å². The Hall–Kier alpha value is -2.69. The summed E-state index contributed by atoms with van der Waals surface area (Å²) in [6.07, 6.45) is 0.905. The lowest BCUT2D eigenvalue weighted by Crippen LogP contribution is -2.43. The van der Waals surface area contributed by atoms with Crippen LogP contribution in [0.25, 0.3) is 0 Å². The average molecular weight is 324 g/mol. The normalized spacial score (nSPS) is 16.5. The second-order valence-electron chi connectivity index (χ2n) is 6.22. The number of rotatable bonds is 2. The third-order valence-corrected chi connectivity index (χ3v) is 4.65. The minimum atomic E-state index is -0.0934. The number of carbonyl (C=O) groups excluding carboxylic acids is 1. The fourth-order valence-corrected chi connectivity index (χ4v) is 3.21. The highest BCUT2D eigenvalue weighted by Crippen LogP contribution is 2.34. The minimum Gasteiger partial charge on any atom is -0.454 e. The van der Waals surface area contributed by atoms with Gasteiger partial charge in [0.2, 0.25) is 6.79 Å². The number of nitrogens with zero attached hydrogens (tertiary/aromatic N) is 1. The number of hydrogen-bond donors (Lipinski definition) is 1. The van der Waals surface area contributed by atoms with Crippen LogP contribution in [0.1, 0.15) is 29.7 Å². The molecule has 5 nitrogen and oxygen atoms in total. The molecule has 0 radical (unpaired) electrons. The summed E-state index contributed by atoms with van der Waals surface area (Å²) in [7, 11) is 0. The number of nitrogens with one attached hydrogen (secondary N) is 1. The van der Waals surface area contributed by atoms with E-state index in [2.05, 4.69) is 23.5 Å². The van der Waals surface area contributed by atoms with Gasteiger partial charge in [0, 0.05) is 13.1 Å². The maximum absolute atomic E-state index is 12.6. The van der Waals surface area contributed by atoms with Crippen molar-refractivity contribution < 1.29 is 14.3 Å². The number of fused-ring (bicyclic) bond motifs is 2. The second kappa shape index (κ2) is 6.07. The molecule has 2 aliphatic heterocycles. The summed E-state index contributed by atoms with van der Waals surface area (Å²) in [5, 5.41) is 3.08. The number of amides is 2. The van der Waals surface area contributed by atoms with E-state index in [1.54, 1.807) is 0 Å². The fraction of sp³-hybridized carbons (Fsp3) is 0.316. The van der Waals surface area contributed by atoms with Gasteiger partial charge in [0.15, 0.2) is 11.5 Å². The van der Waals surface area contributed by atoms with Crippen molar-refractivity contribution in [2.45, 2.75) is 25.9 Å². The first-order valence-corrected chi connectivity index (χ1v) is 8.22. The van der Waals surface area contributed by atoms with Crippen LogP contribution in [-0.2, 0) is 13.0 Å². The topological polar surface area (TPSA) is 50.8 Å². The predicted molar refractivity (Wildman–Crippen MR) is 90.1 cm³/mol. The van der Waals surface area contributed by atoms with E-state index in [1.807, 2.05) is 36.1 Å². The molecular formula is C19H20N2O3. The van der Waals surface area contributed by atoms with Crippen LogP contribution in [0.4, 0.5) is 4.79 Å². The lowest BCUT2D eigenvalue weighted by Gasteiger charge is -2.30. The first-order chi connectivity index (χ1) is 11.7. The molecule has 1 N–H and O–H groups in total. The van der Waals surface area contributed by atoms with Crippen molar-refractivity contribution in [1.82, 2.24) is 10.2 Å². The van der Waals surface area contributed by atoms with E-state index in [9.17, 15) is 4.79 Å². The zero-order valence-corrected chi connectivity index (χ0v) is 13.6. The van der Waals surface area contributed by atoms with E-state index in [0.29, 0.717) is 6.54 Å².